The first-order valence-electron chi connectivity index (χ1n) is 11.7. The van der Waals surface area contributed by atoms with E-state index in [0.717, 1.165) is 22.3 Å². The number of ether oxygens (including phenoxy) is 2. The number of nitrogens with zero attached hydrogens (tertiary/aromatic N) is 2. The number of carbonyl (C=O) groups excluding carboxylic acids is 2. The van der Waals surface area contributed by atoms with Crippen molar-refractivity contribution in [2.24, 2.45) is 5.92 Å². The van der Waals surface area contributed by atoms with E-state index in [4.69, 9.17) is 9.47 Å². The lowest BCUT2D eigenvalue weighted by atomic mass is 9.98. The Hall–Kier alpha value is -3.43. The standard InChI is InChI=1S/C26H31N3O6/c1-28(2)14-23(24(30)29-11-12-34-15-17(13-29)25(31)32)27-26(33)35-16-22-20-9-5-3-7-18(20)19-8-4-6-10-21(19)22/h3-10,17,22-23H,11-16H2,1-2H3,(H,27,33)(H,31,32). The van der Waals surface area contributed by atoms with Gasteiger partial charge in [0.15, 0.2) is 0 Å². The predicted molar refractivity (Wildman–Crippen MR) is 129 cm³/mol. The van der Waals surface area contributed by atoms with Crippen LogP contribution < -0.4 is 5.32 Å². The molecule has 9 nitrogen and oxygen atoms in total. The molecule has 2 unspecified atom stereocenters. The first kappa shape index (κ1) is 24.7. The van der Waals surface area contributed by atoms with Crippen LogP contribution in [0.25, 0.3) is 11.1 Å². The topological polar surface area (TPSA) is 108 Å². The van der Waals surface area contributed by atoms with Crippen LogP contribution in [-0.4, -0.2) is 92.5 Å². The average molecular weight is 482 g/mol. The van der Waals surface area contributed by atoms with Gasteiger partial charge in [0.05, 0.1) is 19.1 Å². The van der Waals surface area contributed by atoms with Crippen LogP contribution >= 0.6 is 0 Å². The van der Waals surface area contributed by atoms with Crippen molar-refractivity contribution in [3.8, 4) is 11.1 Å². The Balaban J connectivity index is 1.43. The second-order valence-corrected chi connectivity index (χ2v) is 9.18. The molecule has 4 rings (SSSR count). The molecule has 0 aromatic heterocycles. The Labute approximate surface area is 204 Å². The smallest absolute Gasteiger partial charge is 0.407 e. The van der Waals surface area contributed by atoms with E-state index < -0.39 is 24.0 Å². The van der Waals surface area contributed by atoms with Crippen LogP contribution in [0.3, 0.4) is 0 Å². The number of likely N-dealkylation sites (N-methyl/N-ethyl adjacent to an activating group) is 1. The van der Waals surface area contributed by atoms with Crippen LogP contribution in [0.1, 0.15) is 17.0 Å². The van der Waals surface area contributed by atoms with Gasteiger partial charge in [-0.3, -0.25) is 9.59 Å². The molecule has 2 aromatic rings. The van der Waals surface area contributed by atoms with E-state index in [1.807, 2.05) is 36.4 Å². The molecule has 0 radical (unpaired) electrons. The summed E-state index contributed by atoms with van der Waals surface area (Å²) in [5.41, 5.74) is 4.47. The average Bonchev–Trinajstić information content (AvgIpc) is 2.97. The molecule has 1 aliphatic heterocycles. The fourth-order valence-electron chi connectivity index (χ4n) is 4.71. The molecule has 2 atom stereocenters. The Bertz CT molecular complexity index is 1040. The summed E-state index contributed by atoms with van der Waals surface area (Å²) in [5.74, 6) is -2.27. The highest BCUT2D eigenvalue weighted by Crippen LogP contribution is 2.44. The lowest BCUT2D eigenvalue weighted by Gasteiger charge is -2.29. The summed E-state index contributed by atoms with van der Waals surface area (Å²) in [7, 11) is 3.59. The second kappa shape index (κ2) is 10.9. The molecule has 1 fully saturated rings. The van der Waals surface area contributed by atoms with Gasteiger partial charge in [0.1, 0.15) is 12.6 Å². The molecule has 0 bridgehead atoms. The number of carbonyl (C=O) groups is 3. The molecular formula is C26H31N3O6. The normalized spacial score (nSPS) is 18.4. The summed E-state index contributed by atoms with van der Waals surface area (Å²) in [6.45, 7) is 0.981. The van der Waals surface area contributed by atoms with Crippen molar-refractivity contribution in [1.29, 1.82) is 0 Å². The van der Waals surface area contributed by atoms with Crippen molar-refractivity contribution in [2.75, 3.05) is 53.6 Å². The van der Waals surface area contributed by atoms with Gasteiger partial charge in [-0.2, -0.15) is 0 Å². The SMILES string of the molecule is CN(C)CC(NC(=O)OCC1c2ccccc2-c2ccccc21)C(=O)N1CCOCC(C(=O)O)C1. The number of carboxylic acid groups (broad SMARTS) is 1. The monoisotopic (exact) mass is 481 g/mol. The molecule has 0 spiro atoms. The summed E-state index contributed by atoms with van der Waals surface area (Å²) in [6.07, 6.45) is -0.687. The highest BCUT2D eigenvalue weighted by Gasteiger charge is 2.33. The largest absolute Gasteiger partial charge is 0.481 e. The minimum absolute atomic E-state index is 0.0322. The number of alkyl carbamates (subject to hydrolysis) is 1. The van der Waals surface area contributed by atoms with Gasteiger partial charge in [-0.05, 0) is 36.3 Å². The Morgan fingerprint density at radius 2 is 1.74 bits per heavy atom. The highest BCUT2D eigenvalue weighted by molar-refractivity contribution is 5.86. The second-order valence-electron chi connectivity index (χ2n) is 9.18. The first-order chi connectivity index (χ1) is 16.8. The van der Waals surface area contributed by atoms with Crippen LogP contribution in [0.5, 0.6) is 0 Å². The molecule has 2 aromatic carbocycles. The van der Waals surface area contributed by atoms with E-state index in [1.165, 1.54) is 4.90 Å². The van der Waals surface area contributed by atoms with Gasteiger partial charge < -0.3 is 29.7 Å². The van der Waals surface area contributed by atoms with E-state index >= 15 is 0 Å². The summed E-state index contributed by atoms with van der Waals surface area (Å²) >= 11 is 0. The Morgan fingerprint density at radius 3 is 2.34 bits per heavy atom. The molecule has 1 aliphatic carbocycles. The maximum Gasteiger partial charge on any atom is 0.407 e. The third kappa shape index (κ3) is 5.63. The first-order valence-corrected chi connectivity index (χ1v) is 11.7. The maximum atomic E-state index is 13.3. The highest BCUT2D eigenvalue weighted by atomic mass is 16.5. The van der Waals surface area contributed by atoms with Crippen molar-refractivity contribution in [3.63, 3.8) is 0 Å². The molecule has 9 heteroatoms. The van der Waals surface area contributed by atoms with E-state index in [-0.39, 0.29) is 51.3 Å². The fraction of sp³-hybridized carbons (Fsp3) is 0.423. The Morgan fingerprint density at radius 1 is 1.11 bits per heavy atom. The van der Waals surface area contributed by atoms with Crippen molar-refractivity contribution in [3.05, 3.63) is 59.7 Å². The lowest BCUT2D eigenvalue weighted by molar-refractivity contribution is -0.144. The van der Waals surface area contributed by atoms with Crippen molar-refractivity contribution >= 4 is 18.0 Å². The van der Waals surface area contributed by atoms with Crippen LogP contribution in [0.2, 0.25) is 0 Å². The molecule has 1 heterocycles. The van der Waals surface area contributed by atoms with E-state index in [1.54, 1.807) is 19.0 Å². The van der Waals surface area contributed by atoms with E-state index in [9.17, 15) is 19.5 Å². The number of amides is 2. The Kier molecular flexibility index (Phi) is 7.67. The minimum atomic E-state index is -1.02. The number of benzene rings is 2. The quantitative estimate of drug-likeness (QED) is 0.623. The van der Waals surface area contributed by atoms with Gasteiger partial charge in [0, 0.05) is 25.6 Å². The van der Waals surface area contributed by atoms with Crippen LogP contribution in [-0.2, 0) is 19.1 Å². The predicted octanol–water partition coefficient (Wildman–Crippen LogP) is 2.01. The number of carboxylic acids is 1. The third-order valence-electron chi connectivity index (χ3n) is 6.41. The van der Waals surface area contributed by atoms with Crippen LogP contribution in [0, 0.1) is 5.92 Å². The van der Waals surface area contributed by atoms with Gasteiger partial charge in [0.25, 0.3) is 0 Å². The zero-order chi connectivity index (χ0) is 24.9. The molecular weight excluding hydrogens is 450 g/mol. The summed E-state index contributed by atoms with van der Waals surface area (Å²) < 4.78 is 11.0. The van der Waals surface area contributed by atoms with Crippen molar-refractivity contribution < 1.29 is 29.0 Å². The van der Waals surface area contributed by atoms with E-state index in [0.29, 0.717) is 0 Å². The molecule has 35 heavy (non-hydrogen) atoms. The number of hydrogen-bond acceptors (Lipinski definition) is 6. The summed E-state index contributed by atoms with van der Waals surface area (Å²) in [5, 5.41) is 12.1. The summed E-state index contributed by atoms with van der Waals surface area (Å²) in [6, 6.07) is 15.3. The molecule has 2 N–H and O–H groups in total. The number of hydrogen-bond donors (Lipinski definition) is 2. The molecule has 0 saturated carbocycles. The van der Waals surface area contributed by atoms with Crippen molar-refractivity contribution in [1.82, 2.24) is 15.1 Å². The number of fused-ring (bicyclic) bond motifs is 3. The molecule has 2 aliphatic rings. The van der Waals surface area contributed by atoms with Gasteiger partial charge in [0.2, 0.25) is 5.91 Å². The molecule has 1 saturated heterocycles. The minimum Gasteiger partial charge on any atom is -0.481 e. The summed E-state index contributed by atoms with van der Waals surface area (Å²) in [4.78, 5) is 40.8. The number of aliphatic carboxylic acids is 1. The van der Waals surface area contributed by atoms with Gasteiger partial charge >= 0.3 is 12.1 Å². The molecule has 2 amide bonds. The van der Waals surface area contributed by atoms with Crippen molar-refractivity contribution in [2.45, 2.75) is 12.0 Å². The van der Waals surface area contributed by atoms with Crippen LogP contribution in [0.15, 0.2) is 48.5 Å². The fourth-order valence-corrected chi connectivity index (χ4v) is 4.71. The zero-order valence-corrected chi connectivity index (χ0v) is 20.0. The third-order valence-corrected chi connectivity index (χ3v) is 6.41. The number of nitrogens with one attached hydrogen (secondary N) is 1. The van der Waals surface area contributed by atoms with Crippen LogP contribution in [0.4, 0.5) is 4.79 Å². The maximum absolute atomic E-state index is 13.3. The van der Waals surface area contributed by atoms with Gasteiger partial charge in [-0.15, -0.1) is 0 Å². The zero-order valence-electron chi connectivity index (χ0n) is 20.0. The van der Waals surface area contributed by atoms with E-state index in [2.05, 4.69) is 17.4 Å². The lowest BCUT2D eigenvalue weighted by Crippen LogP contribution is -2.54. The number of rotatable bonds is 7. The molecule has 186 valence electrons. The van der Waals surface area contributed by atoms with Gasteiger partial charge in [-0.25, -0.2) is 4.79 Å². The van der Waals surface area contributed by atoms with Gasteiger partial charge in [-0.1, -0.05) is 48.5 Å².